The van der Waals surface area contributed by atoms with Crippen molar-refractivity contribution in [3.8, 4) is 0 Å². The molecule has 0 aliphatic rings. The van der Waals surface area contributed by atoms with Gasteiger partial charge in [0.05, 0.1) is 6.10 Å². The highest BCUT2D eigenvalue weighted by atomic mass is 19.1. The van der Waals surface area contributed by atoms with Crippen LogP contribution in [-0.2, 0) is 19.1 Å². The van der Waals surface area contributed by atoms with Gasteiger partial charge in [-0.2, -0.15) is 4.39 Å². The normalized spacial score (nSPS) is 12.9. The summed E-state index contributed by atoms with van der Waals surface area (Å²) in [4.78, 5) is 24.5. The summed E-state index contributed by atoms with van der Waals surface area (Å²) in [7, 11) is 3.24. The van der Waals surface area contributed by atoms with Crippen molar-refractivity contribution in [3.05, 3.63) is 12.0 Å². The Balaban J connectivity index is 4.45. The van der Waals surface area contributed by atoms with Gasteiger partial charge in [0.1, 0.15) is 6.73 Å². The molecule has 0 aromatic carbocycles. The first-order chi connectivity index (χ1) is 9.46. The Morgan fingerprint density at radius 1 is 1.45 bits per heavy atom. The van der Waals surface area contributed by atoms with Gasteiger partial charge in [-0.3, -0.25) is 14.5 Å². The highest BCUT2D eigenvalue weighted by molar-refractivity contribution is 5.97. The maximum atomic E-state index is 13.7. The Bertz CT molecular complexity index is 336. The number of hydrogen-bond acceptors (Lipinski definition) is 5. The third kappa shape index (κ3) is 7.20. The number of hydrogen-bond donors (Lipinski definition) is 0. The first kappa shape index (κ1) is 18.5. The number of amides is 2. The molecule has 0 bridgehead atoms. The zero-order chi connectivity index (χ0) is 15.5. The van der Waals surface area contributed by atoms with Gasteiger partial charge in [0.15, 0.2) is 0 Å². The quantitative estimate of drug-likeness (QED) is 0.343. The van der Waals surface area contributed by atoms with Crippen molar-refractivity contribution in [1.82, 2.24) is 9.80 Å². The standard InChI is InChI=1S/C13H23FN2O4/c1-5-20-10-16(9-17)13(18)12(14)8-15(3)7-6-11(2)19-4/h8-9,11H,5-7,10H2,1-4H3/b12-8+. The smallest absolute Gasteiger partial charge is 0.292 e. The molecule has 0 aliphatic carbocycles. The maximum absolute atomic E-state index is 13.7. The Labute approximate surface area is 119 Å². The minimum absolute atomic E-state index is 0.0500. The summed E-state index contributed by atoms with van der Waals surface area (Å²) in [5.74, 6) is -2.02. The van der Waals surface area contributed by atoms with Crippen LogP contribution in [0, 0.1) is 0 Å². The molecule has 7 heteroatoms. The molecule has 0 rings (SSSR count). The maximum Gasteiger partial charge on any atom is 0.292 e. The number of carbonyl (C=O) groups is 2. The minimum Gasteiger partial charge on any atom is -0.382 e. The molecular formula is C13H23FN2O4. The summed E-state index contributed by atoms with van der Waals surface area (Å²) in [6, 6.07) is 0. The SMILES string of the molecule is CCOCN(C=O)C(=O)/C(F)=C\N(C)CCC(C)OC. The molecule has 2 amide bonds. The molecule has 0 saturated carbocycles. The Kier molecular flexibility index (Phi) is 9.57. The zero-order valence-corrected chi connectivity index (χ0v) is 12.5. The van der Waals surface area contributed by atoms with Gasteiger partial charge in [0.25, 0.3) is 5.91 Å². The second kappa shape index (κ2) is 10.3. The van der Waals surface area contributed by atoms with E-state index in [1.807, 2.05) is 6.92 Å². The molecule has 0 heterocycles. The van der Waals surface area contributed by atoms with E-state index < -0.39 is 11.7 Å². The molecule has 0 N–H and O–H groups in total. The number of methoxy groups -OCH3 is 1. The third-order valence-corrected chi connectivity index (χ3v) is 2.65. The lowest BCUT2D eigenvalue weighted by Gasteiger charge is -2.18. The highest BCUT2D eigenvalue weighted by Crippen LogP contribution is 2.06. The summed E-state index contributed by atoms with van der Waals surface area (Å²) in [5.41, 5.74) is 0. The molecule has 0 spiro atoms. The summed E-state index contributed by atoms with van der Waals surface area (Å²) in [6.45, 7) is 4.21. The number of halogens is 1. The second-order valence-corrected chi connectivity index (χ2v) is 4.29. The van der Waals surface area contributed by atoms with Crippen molar-refractivity contribution in [1.29, 1.82) is 0 Å². The van der Waals surface area contributed by atoms with E-state index in [9.17, 15) is 14.0 Å². The van der Waals surface area contributed by atoms with Crippen LogP contribution >= 0.6 is 0 Å². The van der Waals surface area contributed by atoms with Crippen LogP contribution in [0.25, 0.3) is 0 Å². The van der Waals surface area contributed by atoms with Gasteiger partial charge < -0.3 is 14.4 Å². The molecule has 6 nitrogen and oxygen atoms in total. The zero-order valence-electron chi connectivity index (χ0n) is 12.5. The first-order valence-corrected chi connectivity index (χ1v) is 6.40. The van der Waals surface area contributed by atoms with Crippen LogP contribution in [0.5, 0.6) is 0 Å². The van der Waals surface area contributed by atoms with E-state index in [1.54, 1.807) is 21.1 Å². The van der Waals surface area contributed by atoms with E-state index in [0.29, 0.717) is 24.5 Å². The van der Waals surface area contributed by atoms with Crippen LogP contribution in [0.1, 0.15) is 20.3 Å². The molecule has 20 heavy (non-hydrogen) atoms. The molecular weight excluding hydrogens is 267 g/mol. The first-order valence-electron chi connectivity index (χ1n) is 6.40. The molecule has 1 unspecified atom stereocenters. The van der Waals surface area contributed by atoms with Gasteiger partial charge in [0, 0.05) is 33.5 Å². The van der Waals surface area contributed by atoms with Crippen LogP contribution in [-0.4, -0.2) is 62.3 Å². The van der Waals surface area contributed by atoms with Gasteiger partial charge in [-0.1, -0.05) is 0 Å². The second-order valence-electron chi connectivity index (χ2n) is 4.29. The molecule has 0 aromatic heterocycles. The van der Waals surface area contributed by atoms with Crippen molar-refractivity contribution >= 4 is 12.3 Å². The van der Waals surface area contributed by atoms with Crippen LogP contribution in [0.2, 0.25) is 0 Å². The number of nitrogens with zero attached hydrogens (tertiary/aromatic N) is 2. The van der Waals surface area contributed by atoms with Crippen molar-refractivity contribution in [2.45, 2.75) is 26.4 Å². The molecule has 0 aromatic rings. The fraction of sp³-hybridized carbons (Fsp3) is 0.692. The van der Waals surface area contributed by atoms with Crippen molar-refractivity contribution in [2.75, 3.05) is 34.0 Å². The van der Waals surface area contributed by atoms with Crippen LogP contribution < -0.4 is 0 Å². The molecule has 0 fully saturated rings. The summed E-state index contributed by atoms with van der Waals surface area (Å²) in [6.07, 6.45) is 2.06. The molecule has 0 aliphatic heterocycles. The van der Waals surface area contributed by atoms with Crippen molar-refractivity contribution in [3.63, 3.8) is 0 Å². The molecule has 116 valence electrons. The fourth-order valence-electron chi connectivity index (χ4n) is 1.28. The van der Waals surface area contributed by atoms with E-state index in [1.165, 1.54) is 4.90 Å². The van der Waals surface area contributed by atoms with Crippen LogP contribution in [0.4, 0.5) is 4.39 Å². The average molecular weight is 290 g/mol. The van der Waals surface area contributed by atoms with Gasteiger partial charge >= 0.3 is 0 Å². The monoisotopic (exact) mass is 290 g/mol. The molecule has 1 atom stereocenters. The van der Waals surface area contributed by atoms with Gasteiger partial charge in [-0.15, -0.1) is 0 Å². The Hall–Kier alpha value is -1.47. The number of ether oxygens (including phenoxy) is 2. The lowest BCUT2D eigenvalue weighted by Crippen LogP contribution is -2.33. The van der Waals surface area contributed by atoms with E-state index >= 15 is 0 Å². The predicted octanol–water partition coefficient (Wildman–Crippen LogP) is 1.13. The van der Waals surface area contributed by atoms with Crippen LogP contribution in [0.3, 0.4) is 0 Å². The van der Waals surface area contributed by atoms with E-state index in [4.69, 9.17) is 9.47 Å². The summed E-state index contributed by atoms with van der Waals surface area (Å²) < 4.78 is 23.7. The van der Waals surface area contributed by atoms with Gasteiger partial charge in [-0.05, 0) is 20.3 Å². The Morgan fingerprint density at radius 3 is 2.60 bits per heavy atom. The lowest BCUT2D eigenvalue weighted by molar-refractivity contribution is -0.142. The third-order valence-electron chi connectivity index (χ3n) is 2.65. The highest BCUT2D eigenvalue weighted by Gasteiger charge is 2.18. The van der Waals surface area contributed by atoms with Crippen molar-refractivity contribution < 1.29 is 23.5 Å². The molecule has 0 radical (unpaired) electrons. The molecule has 0 saturated heterocycles. The predicted molar refractivity (Wildman–Crippen MR) is 72.3 cm³/mol. The minimum atomic E-state index is -1.01. The topological polar surface area (TPSA) is 59.1 Å². The number of carbonyl (C=O) groups excluding carboxylic acids is 2. The average Bonchev–Trinajstić information content (AvgIpc) is 2.45. The lowest BCUT2D eigenvalue weighted by atomic mass is 10.3. The summed E-state index contributed by atoms with van der Waals surface area (Å²) >= 11 is 0. The van der Waals surface area contributed by atoms with E-state index in [0.717, 1.165) is 6.20 Å². The van der Waals surface area contributed by atoms with Crippen molar-refractivity contribution in [2.24, 2.45) is 0 Å². The van der Waals surface area contributed by atoms with E-state index in [-0.39, 0.29) is 19.2 Å². The summed E-state index contributed by atoms with van der Waals surface area (Å²) in [5, 5.41) is 0. The van der Waals surface area contributed by atoms with Gasteiger partial charge in [0.2, 0.25) is 12.2 Å². The van der Waals surface area contributed by atoms with Crippen LogP contribution in [0.15, 0.2) is 12.0 Å². The van der Waals surface area contributed by atoms with Gasteiger partial charge in [-0.25, -0.2) is 0 Å². The largest absolute Gasteiger partial charge is 0.382 e. The fourth-order valence-corrected chi connectivity index (χ4v) is 1.28. The number of imide groups is 1. The number of rotatable bonds is 10. The van der Waals surface area contributed by atoms with E-state index in [2.05, 4.69) is 0 Å². The Morgan fingerprint density at radius 2 is 2.10 bits per heavy atom.